The van der Waals surface area contributed by atoms with E-state index in [1.54, 1.807) is 12.3 Å². The molecule has 0 radical (unpaired) electrons. The maximum absolute atomic E-state index is 12.6. The molecule has 1 saturated carbocycles. The highest BCUT2D eigenvalue weighted by Gasteiger charge is 2.41. The fraction of sp³-hybridized carbons (Fsp3) is 0.688. The third-order valence-corrected chi connectivity index (χ3v) is 4.66. The highest BCUT2D eigenvalue weighted by atomic mass is 16.5. The molecule has 20 heavy (non-hydrogen) atoms. The zero-order valence-corrected chi connectivity index (χ0v) is 12.1. The number of ether oxygens (including phenoxy) is 1. The largest absolute Gasteiger partial charge is 0.375 e. The molecule has 108 valence electrons. The summed E-state index contributed by atoms with van der Waals surface area (Å²) < 4.78 is 6.06. The van der Waals surface area contributed by atoms with Crippen molar-refractivity contribution >= 4 is 5.78 Å². The van der Waals surface area contributed by atoms with E-state index in [0.717, 1.165) is 25.7 Å². The van der Waals surface area contributed by atoms with Crippen LogP contribution in [0.1, 0.15) is 61.3 Å². The minimum absolute atomic E-state index is 0.0289. The van der Waals surface area contributed by atoms with Gasteiger partial charge in [-0.25, -0.2) is 9.97 Å². The second-order valence-corrected chi connectivity index (χ2v) is 6.14. The first-order valence-electron chi connectivity index (χ1n) is 7.66. The fourth-order valence-electron chi connectivity index (χ4n) is 3.60. The Morgan fingerprint density at radius 1 is 1.35 bits per heavy atom. The number of ketones is 1. The number of carbonyl (C=O) groups is 1. The van der Waals surface area contributed by atoms with Gasteiger partial charge in [-0.2, -0.15) is 0 Å². The van der Waals surface area contributed by atoms with Crippen molar-refractivity contribution in [3.05, 3.63) is 23.8 Å². The molecule has 1 aromatic rings. The molecule has 0 bridgehead atoms. The first-order valence-corrected chi connectivity index (χ1v) is 7.66. The first-order chi connectivity index (χ1) is 9.69. The predicted molar refractivity (Wildman–Crippen MR) is 75.6 cm³/mol. The number of carbonyl (C=O) groups excluding carboxylic acids is 1. The molecule has 1 aliphatic carbocycles. The quantitative estimate of drug-likeness (QED) is 0.778. The Bertz CT molecular complexity index is 489. The van der Waals surface area contributed by atoms with Crippen LogP contribution in [-0.4, -0.2) is 28.0 Å². The normalized spacial score (nSPS) is 25.6. The summed E-state index contributed by atoms with van der Waals surface area (Å²) in [6.45, 7) is 2.53. The topological polar surface area (TPSA) is 52.1 Å². The molecule has 4 heteroatoms. The Kier molecular flexibility index (Phi) is 3.83. The van der Waals surface area contributed by atoms with Crippen LogP contribution in [0.15, 0.2) is 12.3 Å². The highest BCUT2D eigenvalue weighted by Crippen LogP contribution is 2.41. The Balaban J connectivity index is 1.74. The Morgan fingerprint density at radius 3 is 2.90 bits per heavy atom. The Hall–Kier alpha value is -1.29. The molecule has 1 aliphatic heterocycles. The minimum atomic E-state index is -0.0289. The number of Topliss-reactive ketones (excluding diaryl/α,β-unsaturated/α-hetero) is 1. The van der Waals surface area contributed by atoms with Crippen LogP contribution in [0.2, 0.25) is 0 Å². The zero-order valence-electron chi connectivity index (χ0n) is 12.1. The third-order valence-electron chi connectivity index (χ3n) is 4.66. The standard InChI is InChI=1S/C16H22N2O2/c1-12-17-9-5-14(18-12)15(19)13-6-10-20-16(11-13)7-3-2-4-8-16/h5,9,13H,2-4,6-8,10-11H2,1H3. The molecule has 4 nitrogen and oxygen atoms in total. The monoisotopic (exact) mass is 274 g/mol. The lowest BCUT2D eigenvalue weighted by Gasteiger charge is -2.43. The van der Waals surface area contributed by atoms with Gasteiger partial charge in [0, 0.05) is 18.7 Å². The van der Waals surface area contributed by atoms with Crippen LogP contribution in [0.25, 0.3) is 0 Å². The molecule has 2 heterocycles. The van der Waals surface area contributed by atoms with Crippen molar-refractivity contribution in [1.82, 2.24) is 9.97 Å². The molecular weight excluding hydrogens is 252 g/mol. The van der Waals surface area contributed by atoms with Crippen LogP contribution in [0, 0.1) is 12.8 Å². The highest BCUT2D eigenvalue weighted by molar-refractivity contribution is 5.96. The number of rotatable bonds is 2. The second kappa shape index (κ2) is 5.60. The van der Waals surface area contributed by atoms with Gasteiger partial charge in [-0.1, -0.05) is 19.3 Å². The van der Waals surface area contributed by atoms with Crippen molar-refractivity contribution < 1.29 is 9.53 Å². The van der Waals surface area contributed by atoms with Crippen LogP contribution in [-0.2, 0) is 4.74 Å². The summed E-state index contributed by atoms with van der Waals surface area (Å²) in [6.07, 6.45) is 9.35. The van der Waals surface area contributed by atoms with Crippen LogP contribution < -0.4 is 0 Å². The predicted octanol–water partition coefficient (Wildman–Crippen LogP) is 3.10. The number of hydrogen-bond acceptors (Lipinski definition) is 4. The average molecular weight is 274 g/mol. The third kappa shape index (κ3) is 2.75. The van der Waals surface area contributed by atoms with E-state index < -0.39 is 0 Å². The van der Waals surface area contributed by atoms with Crippen molar-refractivity contribution in [1.29, 1.82) is 0 Å². The summed E-state index contributed by atoms with van der Waals surface area (Å²) in [7, 11) is 0. The molecular formula is C16H22N2O2. The molecule has 1 spiro atoms. The van der Waals surface area contributed by atoms with E-state index in [1.165, 1.54) is 19.3 Å². The van der Waals surface area contributed by atoms with Gasteiger partial charge in [-0.15, -0.1) is 0 Å². The molecule has 1 aromatic heterocycles. The van der Waals surface area contributed by atoms with Crippen LogP contribution in [0.5, 0.6) is 0 Å². The lowest BCUT2D eigenvalue weighted by Crippen LogP contribution is -2.43. The van der Waals surface area contributed by atoms with E-state index in [0.29, 0.717) is 18.1 Å². The van der Waals surface area contributed by atoms with Crippen LogP contribution in [0.4, 0.5) is 0 Å². The summed E-state index contributed by atoms with van der Waals surface area (Å²) in [6, 6.07) is 1.73. The van der Waals surface area contributed by atoms with Gasteiger partial charge in [-0.05, 0) is 38.7 Å². The number of aryl methyl sites for hydroxylation is 1. The summed E-state index contributed by atoms with van der Waals surface area (Å²) >= 11 is 0. The minimum Gasteiger partial charge on any atom is -0.375 e. The van der Waals surface area contributed by atoms with Gasteiger partial charge in [0.1, 0.15) is 11.5 Å². The number of aromatic nitrogens is 2. The number of hydrogen-bond donors (Lipinski definition) is 0. The SMILES string of the molecule is Cc1nccc(C(=O)C2CCOC3(CCCCC3)C2)n1. The summed E-state index contributed by atoms with van der Waals surface area (Å²) in [5, 5.41) is 0. The maximum Gasteiger partial charge on any atom is 0.184 e. The van der Waals surface area contributed by atoms with Crippen molar-refractivity contribution in [3.63, 3.8) is 0 Å². The van der Waals surface area contributed by atoms with Crippen LogP contribution >= 0.6 is 0 Å². The van der Waals surface area contributed by atoms with Crippen molar-refractivity contribution in [2.24, 2.45) is 5.92 Å². The van der Waals surface area contributed by atoms with Crippen molar-refractivity contribution in [2.45, 2.75) is 57.5 Å². The first kappa shape index (κ1) is 13.7. The lowest BCUT2D eigenvalue weighted by molar-refractivity contribution is -0.111. The molecule has 2 aliphatic rings. The second-order valence-electron chi connectivity index (χ2n) is 6.14. The van der Waals surface area contributed by atoms with Gasteiger partial charge in [0.2, 0.25) is 0 Å². The molecule has 1 saturated heterocycles. The molecule has 1 atom stereocenters. The molecule has 2 fully saturated rings. The smallest absolute Gasteiger partial charge is 0.184 e. The average Bonchev–Trinajstić information content (AvgIpc) is 2.47. The molecule has 0 N–H and O–H groups in total. The van der Waals surface area contributed by atoms with E-state index in [2.05, 4.69) is 9.97 Å². The van der Waals surface area contributed by atoms with E-state index in [1.807, 2.05) is 6.92 Å². The molecule has 3 rings (SSSR count). The van der Waals surface area contributed by atoms with Crippen molar-refractivity contribution in [2.75, 3.05) is 6.61 Å². The van der Waals surface area contributed by atoms with E-state index in [9.17, 15) is 4.79 Å². The maximum atomic E-state index is 12.6. The van der Waals surface area contributed by atoms with Gasteiger partial charge >= 0.3 is 0 Å². The zero-order chi connectivity index (χ0) is 14.0. The lowest BCUT2D eigenvalue weighted by atomic mass is 9.74. The summed E-state index contributed by atoms with van der Waals surface area (Å²) in [4.78, 5) is 21.0. The molecule has 0 amide bonds. The van der Waals surface area contributed by atoms with Gasteiger partial charge in [-0.3, -0.25) is 4.79 Å². The van der Waals surface area contributed by atoms with E-state index in [4.69, 9.17) is 4.74 Å². The fourth-order valence-corrected chi connectivity index (χ4v) is 3.60. The van der Waals surface area contributed by atoms with Crippen molar-refractivity contribution in [3.8, 4) is 0 Å². The van der Waals surface area contributed by atoms with Gasteiger partial charge in [0.15, 0.2) is 5.78 Å². The van der Waals surface area contributed by atoms with E-state index in [-0.39, 0.29) is 17.3 Å². The molecule has 1 unspecified atom stereocenters. The number of nitrogens with zero attached hydrogens (tertiary/aromatic N) is 2. The summed E-state index contributed by atoms with van der Waals surface area (Å²) in [5.74, 6) is 0.898. The van der Waals surface area contributed by atoms with Gasteiger partial charge < -0.3 is 4.74 Å². The Morgan fingerprint density at radius 2 is 2.15 bits per heavy atom. The van der Waals surface area contributed by atoms with Gasteiger partial charge in [0.25, 0.3) is 0 Å². The van der Waals surface area contributed by atoms with Gasteiger partial charge in [0.05, 0.1) is 5.60 Å². The summed E-state index contributed by atoms with van der Waals surface area (Å²) in [5.41, 5.74) is 0.536. The van der Waals surface area contributed by atoms with Crippen LogP contribution in [0.3, 0.4) is 0 Å². The Labute approximate surface area is 120 Å². The molecule has 0 aromatic carbocycles. The van der Waals surface area contributed by atoms with E-state index >= 15 is 0 Å².